The van der Waals surface area contributed by atoms with Crippen LogP contribution in [0.4, 0.5) is 5.82 Å². The molecule has 0 bridgehead atoms. The first-order valence-corrected chi connectivity index (χ1v) is 17.0. The van der Waals surface area contributed by atoms with Gasteiger partial charge in [-0.3, -0.25) is 23.5 Å². The van der Waals surface area contributed by atoms with Gasteiger partial charge in [0.05, 0.1) is 22.7 Å². The van der Waals surface area contributed by atoms with Crippen LogP contribution >= 0.6 is 0 Å². The topological polar surface area (TPSA) is 154 Å². The molecule has 2 fully saturated rings. The van der Waals surface area contributed by atoms with Gasteiger partial charge in [0.1, 0.15) is 16.9 Å². The summed E-state index contributed by atoms with van der Waals surface area (Å²) in [6.07, 6.45) is 10.4. The largest absolute Gasteiger partial charge is 0.385 e. The number of carbonyl (C=O) groups is 2. The van der Waals surface area contributed by atoms with E-state index in [2.05, 4.69) is 15.2 Å². The molecule has 3 N–H and O–H groups in total. The Bertz CT molecular complexity index is 2750. The summed E-state index contributed by atoms with van der Waals surface area (Å²) in [6, 6.07) is 16.4. The van der Waals surface area contributed by atoms with Gasteiger partial charge in [0.2, 0.25) is 0 Å². The normalized spacial score (nSPS) is 14.4. The van der Waals surface area contributed by atoms with Crippen LogP contribution in [0.2, 0.25) is 0 Å². The highest BCUT2D eigenvalue weighted by atomic mass is 16.6. The zero-order chi connectivity index (χ0) is 35.1. The molecule has 11 nitrogen and oxygen atoms in total. The number of H-pyrrole nitrogens is 1. The van der Waals surface area contributed by atoms with Crippen LogP contribution in [0.5, 0.6) is 0 Å². The van der Waals surface area contributed by atoms with Crippen LogP contribution in [-0.4, -0.2) is 35.9 Å². The molecule has 0 amide bonds. The maximum Gasteiger partial charge on any atom is 0.351 e. The summed E-state index contributed by atoms with van der Waals surface area (Å²) in [5.41, 5.74) is 13.6. The fourth-order valence-electron chi connectivity index (χ4n) is 7.39. The molecular formula is C40H32N6O5. The number of anilines is 1. The second-order valence-corrected chi connectivity index (χ2v) is 13.7. The zero-order valence-corrected chi connectivity index (χ0v) is 27.9. The Morgan fingerprint density at radius 3 is 1.82 bits per heavy atom. The number of fused-ring (bicyclic) bond motifs is 3. The Kier molecular flexibility index (Phi) is 6.82. The number of aromatic amines is 1. The van der Waals surface area contributed by atoms with E-state index in [0.29, 0.717) is 11.3 Å². The predicted octanol–water partition coefficient (Wildman–Crippen LogP) is 6.47. The lowest BCUT2D eigenvalue weighted by Crippen LogP contribution is -2.29. The quantitative estimate of drug-likeness (QED) is 0.150. The molecular weight excluding hydrogens is 644 g/mol. The monoisotopic (exact) mass is 676 g/mol. The molecule has 0 aliphatic heterocycles. The number of nitrogen functional groups attached to an aromatic ring is 1. The summed E-state index contributed by atoms with van der Waals surface area (Å²) in [4.78, 5) is 59.2. The van der Waals surface area contributed by atoms with E-state index in [0.717, 1.165) is 86.6 Å². The first-order valence-electron chi connectivity index (χ1n) is 17.0. The summed E-state index contributed by atoms with van der Waals surface area (Å²) >= 11 is 0. The fourth-order valence-corrected chi connectivity index (χ4v) is 7.39. The summed E-state index contributed by atoms with van der Waals surface area (Å²) in [7, 11) is 0. The minimum absolute atomic E-state index is 0.155. The third-order valence-corrected chi connectivity index (χ3v) is 10.3. The predicted molar refractivity (Wildman–Crippen MR) is 193 cm³/mol. The van der Waals surface area contributed by atoms with Crippen LogP contribution in [0.3, 0.4) is 0 Å². The maximum atomic E-state index is 13.9. The lowest BCUT2D eigenvalue weighted by Gasteiger charge is -2.16. The molecule has 6 aromatic heterocycles. The Balaban J connectivity index is 1.09. The lowest BCUT2D eigenvalue weighted by atomic mass is 9.96. The van der Waals surface area contributed by atoms with E-state index >= 15 is 0 Å². The molecule has 0 unspecified atom stereocenters. The van der Waals surface area contributed by atoms with Crippen LogP contribution in [0.1, 0.15) is 80.5 Å². The number of carbonyl (C=O) groups excluding carboxylic acids is 2. The number of benzene rings is 1. The number of hydrogen-bond donors (Lipinski definition) is 2. The van der Waals surface area contributed by atoms with Crippen LogP contribution in [0.15, 0.2) is 89.0 Å². The highest BCUT2D eigenvalue weighted by Crippen LogP contribution is 2.45. The van der Waals surface area contributed by atoms with Crippen molar-refractivity contribution in [2.45, 2.75) is 51.4 Å². The Morgan fingerprint density at radius 2 is 1.29 bits per heavy atom. The number of nitrogens with one attached hydrogen (secondary N) is 1. The third kappa shape index (κ3) is 5.03. The van der Waals surface area contributed by atoms with Crippen LogP contribution in [0, 0.1) is 13.8 Å². The first kappa shape index (κ1) is 30.7. The maximum absolute atomic E-state index is 13.9. The molecule has 7 aromatic rings. The van der Waals surface area contributed by atoms with Gasteiger partial charge in [0.15, 0.2) is 0 Å². The number of pyridine rings is 5. The summed E-state index contributed by atoms with van der Waals surface area (Å²) in [5, 5.41) is 8.06. The molecule has 2 aliphatic rings. The van der Waals surface area contributed by atoms with Gasteiger partial charge in [0.25, 0.3) is 11.1 Å². The first-order chi connectivity index (χ1) is 24.7. The van der Waals surface area contributed by atoms with Crippen molar-refractivity contribution in [2.75, 3.05) is 5.73 Å². The van der Waals surface area contributed by atoms with E-state index in [1.165, 1.54) is 8.80 Å². The Labute approximate surface area is 290 Å². The van der Waals surface area contributed by atoms with Crippen LogP contribution in [0.25, 0.3) is 44.2 Å². The van der Waals surface area contributed by atoms with Crippen molar-refractivity contribution in [2.24, 2.45) is 0 Å². The number of nitrogens with zero attached hydrogens (tertiary/aromatic N) is 4. The SMILES string of the molecule is Cc1c(-c2ccc(N)nc2)ccn2c(=O)c(C(=O)OC(=O)c3cc(C4CC4)c4c(C)c(-c5ccc6[nH]ncc6c5)ccn4c3=O)cc(C3CC3)c12. The fraction of sp³-hybridized carbons (Fsp3) is 0.200. The summed E-state index contributed by atoms with van der Waals surface area (Å²) in [5.74, 6) is -1.46. The molecule has 0 saturated heterocycles. The Hall–Kier alpha value is -6.36. The van der Waals surface area contributed by atoms with Gasteiger partial charge in [-0.15, -0.1) is 0 Å². The average molecular weight is 677 g/mol. The van der Waals surface area contributed by atoms with Gasteiger partial charge in [-0.05, 0) is 139 Å². The van der Waals surface area contributed by atoms with Crippen molar-refractivity contribution in [3.8, 4) is 22.3 Å². The van der Waals surface area contributed by atoms with Crippen molar-refractivity contribution < 1.29 is 14.3 Å². The zero-order valence-electron chi connectivity index (χ0n) is 27.9. The molecule has 0 atom stereocenters. The number of esters is 2. The molecule has 11 heteroatoms. The number of rotatable bonds is 6. The molecule has 51 heavy (non-hydrogen) atoms. The van der Waals surface area contributed by atoms with E-state index in [-0.39, 0.29) is 23.0 Å². The highest BCUT2D eigenvalue weighted by Gasteiger charge is 2.33. The van der Waals surface area contributed by atoms with Crippen molar-refractivity contribution in [1.82, 2.24) is 24.0 Å². The van der Waals surface area contributed by atoms with Crippen LogP contribution in [-0.2, 0) is 4.74 Å². The van der Waals surface area contributed by atoms with Crippen molar-refractivity contribution in [1.29, 1.82) is 0 Å². The second-order valence-electron chi connectivity index (χ2n) is 13.7. The minimum atomic E-state index is -1.09. The number of hydrogen-bond acceptors (Lipinski definition) is 8. The Morgan fingerprint density at radius 1 is 0.745 bits per heavy atom. The lowest BCUT2D eigenvalue weighted by molar-refractivity contribution is 0.0395. The summed E-state index contributed by atoms with van der Waals surface area (Å²) < 4.78 is 8.26. The third-order valence-electron chi connectivity index (χ3n) is 10.3. The smallest absolute Gasteiger partial charge is 0.351 e. The molecule has 0 spiro atoms. The van der Waals surface area contributed by atoms with Crippen molar-refractivity contribution in [3.05, 3.63) is 133 Å². The van der Waals surface area contributed by atoms with Gasteiger partial charge in [-0.2, -0.15) is 5.10 Å². The minimum Gasteiger partial charge on any atom is -0.385 e. The van der Waals surface area contributed by atoms with E-state index in [1.807, 2.05) is 44.2 Å². The highest BCUT2D eigenvalue weighted by molar-refractivity contribution is 6.03. The van der Waals surface area contributed by atoms with Gasteiger partial charge in [0, 0.05) is 29.5 Å². The number of aromatic nitrogens is 5. The van der Waals surface area contributed by atoms with Gasteiger partial charge >= 0.3 is 11.9 Å². The van der Waals surface area contributed by atoms with Gasteiger partial charge in [-0.25, -0.2) is 14.6 Å². The number of aryl methyl sites for hydroxylation is 2. The molecule has 0 radical (unpaired) electrons. The second kappa shape index (κ2) is 11.3. The van der Waals surface area contributed by atoms with Gasteiger partial charge < -0.3 is 10.5 Å². The molecule has 2 aliphatic carbocycles. The molecule has 252 valence electrons. The molecule has 2 saturated carbocycles. The van der Waals surface area contributed by atoms with Crippen molar-refractivity contribution in [3.63, 3.8) is 0 Å². The van der Waals surface area contributed by atoms with E-state index in [4.69, 9.17) is 10.5 Å². The summed E-state index contributed by atoms with van der Waals surface area (Å²) in [6.45, 7) is 3.90. The molecule has 9 rings (SSSR count). The van der Waals surface area contributed by atoms with E-state index in [1.54, 1.807) is 49.1 Å². The average Bonchev–Trinajstić information content (AvgIpc) is 4.07. The van der Waals surface area contributed by atoms with Gasteiger partial charge in [-0.1, -0.05) is 6.07 Å². The van der Waals surface area contributed by atoms with E-state index < -0.39 is 23.1 Å². The molecule has 6 heterocycles. The van der Waals surface area contributed by atoms with Crippen molar-refractivity contribution >= 4 is 39.7 Å². The standard InChI is InChI=1S/C40H32N6O5/c1-20-27(24-7-9-33-26(15-24)19-43-44-33)11-13-45-35(20)29(22-3-4-22)16-31(37(45)47)39(49)51-40(50)32-17-30(23-5-6-23)36-21(2)28(12-14-46(36)38(32)48)25-8-10-34(41)42-18-25/h7-19,22-23H,3-6H2,1-2H3,(H2,41,42)(H,43,44). The van der Waals surface area contributed by atoms with E-state index in [9.17, 15) is 19.2 Å². The number of nitrogens with two attached hydrogens (primary N) is 1. The number of ether oxygens (including phenoxy) is 1. The molecule has 1 aromatic carbocycles. The van der Waals surface area contributed by atoms with Crippen LogP contribution < -0.4 is 16.9 Å².